The Bertz CT molecular complexity index is 499. The van der Waals surface area contributed by atoms with Gasteiger partial charge in [0.05, 0.1) is 17.1 Å². The van der Waals surface area contributed by atoms with Crippen molar-refractivity contribution in [1.29, 1.82) is 0 Å². The van der Waals surface area contributed by atoms with Crippen molar-refractivity contribution in [3.8, 4) is 5.75 Å². The highest BCUT2D eigenvalue weighted by atomic mass is 35.5. The van der Waals surface area contributed by atoms with Gasteiger partial charge in [-0.05, 0) is 13.0 Å². The molecule has 15 heavy (non-hydrogen) atoms. The number of hydrogen-bond donors (Lipinski definition) is 0. The molecule has 0 radical (unpaired) electrons. The summed E-state index contributed by atoms with van der Waals surface area (Å²) < 4.78 is 5.35. The van der Waals surface area contributed by atoms with Crippen molar-refractivity contribution in [3.63, 3.8) is 0 Å². The summed E-state index contributed by atoms with van der Waals surface area (Å²) in [6.45, 7) is 2.39. The third-order valence-electron chi connectivity index (χ3n) is 2.03. The van der Waals surface area contributed by atoms with Crippen molar-refractivity contribution < 1.29 is 4.74 Å². The Morgan fingerprint density at radius 3 is 2.73 bits per heavy atom. The van der Waals surface area contributed by atoms with Crippen molar-refractivity contribution in [2.24, 2.45) is 0 Å². The first-order chi connectivity index (χ1) is 7.24. The summed E-state index contributed by atoms with van der Waals surface area (Å²) in [5, 5.41) is 1.68. The number of ether oxygens (including phenoxy) is 1. The van der Waals surface area contributed by atoms with Crippen LogP contribution in [-0.4, -0.2) is 11.6 Å². The van der Waals surface area contributed by atoms with Crippen LogP contribution in [0, 0.1) is 0 Å². The van der Waals surface area contributed by atoms with Gasteiger partial charge in [0.25, 0.3) is 0 Å². The molecule has 0 fully saturated rings. The fourth-order valence-corrected chi connectivity index (χ4v) is 1.99. The lowest BCUT2D eigenvalue weighted by Crippen LogP contribution is -1.95. The van der Waals surface area contributed by atoms with Crippen LogP contribution >= 0.6 is 23.2 Å². The monoisotopic (exact) mass is 241 g/mol. The molecule has 0 saturated carbocycles. The van der Waals surface area contributed by atoms with Gasteiger partial charge in [-0.3, -0.25) is 0 Å². The Balaban J connectivity index is 2.72. The van der Waals surface area contributed by atoms with E-state index in [4.69, 9.17) is 27.9 Å². The third-order valence-corrected chi connectivity index (χ3v) is 2.67. The zero-order chi connectivity index (χ0) is 10.8. The van der Waals surface area contributed by atoms with E-state index in [-0.39, 0.29) is 0 Å². The lowest BCUT2D eigenvalue weighted by atomic mass is 10.2. The van der Waals surface area contributed by atoms with Crippen LogP contribution in [-0.2, 0) is 0 Å². The standard InChI is InChI=1S/C11H9Cl2NO/c1-2-15-10-9(12)7-5-3-4-6-8(7)14-11(10)13/h3-6H,2H2,1H3. The van der Waals surface area contributed by atoms with E-state index in [9.17, 15) is 0 Å². The minimum atomic E-state index is 0.306. The molecule has 0 spiro atoms. The third kappa shape index (κ3) is 1.87. The normalized spacial score (nSPS) is 10.6. The molecule has 78 valence electrons. The van der Waals surface area contributed by atoms with Gasteiger partial charge < -0.3 is 4.74 Å². The van der Waals surface area contributed by atoms with E-state index < -0.39 is 0 Å². The van der Waals surface area contributed by atoms with Crippen molar-refractivity contribution >= 4 is 34.1 Å². The van der Waals surface area contributed by atoms with Gasteiger partial charge in [-0.15, -0.1) is 0 Å². The number of pyridine rings is 1. The van der Waals surface area contributed by atoms with Crippen molar-refractivity contribution in [1.82, 2.24) is 4.98 Å². The molecule has 0 amide bonds. The molecule has 2 aromatic rings. The van der Waals surface area contributed by atoms with E-state index in [1.165, 1.54) is 0 Å². The number of benzene rings is 1. The highest BCUT2D eigenvalue weighted by molar-refractivity contribution is 6.40. The zero-order valence-electron chi connectivity index (χ0n) is 8.13. The van der Waals surface area contributed by atoms with E-state index in [2.05, 4.69) is 4.98 Å². The van der Waals surface area contributed by atoms with E-state index >= 15 is 0 Å². The van der Waals surface area contributed by atoms with Crippen LogP contribution in [0.15, 0.2) is 24.3 Å². The molecule has 2 rings (SSSR count). The molecule has 1 heterocycles. The minimum absolute atomic E-state index is 0.306. The summed E-state index contributed by atoms with van der Waals surface area (Å²) in [7, 11) is 0. The molecule has 0 unspecified atom stereocenters. The number of para-hydroxylation sites is 1. The molecule has 0 bridgehead atoms. The quantitative estimate of drug-likeness (QED) is 0.744. The summed E-state index contributed by atoms with van der Waals surface area (Å²) >= 11 is 12.1. The first kappa shape index (κ1) is 10.5. The zero-order valence-corrected chi connectivity index (χ0v) is 9.64. The molecule has 1 aromatic heterocycles. The van der Waals surface area contributed by atoms with Gasteiger partial charge in [0.15, 0.2) is 10.9 Å². The Labute approximate surface area is 97.8 Å². The number of rotatable bonds is 2. The molecular formula is C11H9Cl2NO. The number of halogens is 2. The largest absolute Gasteiger partial charge is 0.489 e. The number of fused-ring (bicyclic) bond motifs is 1. The van der Waals surface area contributed by atoms with Crippen molar-refractivity contribution in [2.75, 3.05) is 6.61 Å². The van der Waals surface area contributed by atoms with Crippen molar-refractivity contribution in [3.05, 3.63) is 34.4 Å². The minimum Gasteiger partial charge on any atom is -0.489 e. The van der Waals surface area contributed by atoms with E-state index in [0.29, 0.717) is 22.5 Å². The van der Waals surface area contributed by atoms with E-state index in [0.717, 1.165) is 10.9 Å². The van der Waals surface area contributed by atoms with Gasteiger partial charge in [0.2, 0.25) is 0 Å². The molecule has 0 atom stereocenters. The predicted molar refractivity (Wildman–Crippen MR) is 62.9 cm³/mol. The number of nitrogens with zero attached hydrogens (tertiary/aromatic N) is 1. The Morgan fingerprint density at radius 2 is 2.00 bits per heavy atom. The molecule has 4 heteroatoms. The Kier molecular flexibility index (Phi) is 2.98. The maximum Gasteiger partial charge on any atom is 0.175 e. The van der Waals surface area contributed by atoms with Crippen molar-refractivity contribution in [2.45, 2.75) is 6.92 Å². The first-order valence-electron chi connectivity index (χ1n) is 4.60. The lowest BCUT2D eigenvalue weighted by molar-refractivity contribution is 0.340. The second-order valence-corrected chi connectivity index (χ2v) is 3.73. The molecule has 0 saturated heterocycles. The molecule has 0 aliphatic rings. The average molecular weight is 242 g/mol. The van der Waals surface area contributed by atoms with Crippen LogP contribution in [0.3, 0.4) is 0 Å². The Morgan fingerprint density at radius 1 is 1.27 bits per heavy atom. The second-order valence-electron chi connectivity index (χ2n) is 3.00. The summed E-state index contributed by atoms with van der Waals surface area (Å²) in [5.41, 5.74) is 0.774. The van der Waals surface area contributed by atoms with E-state index in [1.807, 2.05) is 31.2 Å². The fraction of sp³-hybridized carbons (Fsp3) is 0.182. The van der Waals surface area contributed by atoms with Crippen LogP contribution < -0.4 is 4.74 Å². The predicted octanol–water partition coefficient (Wildman–Crippen LogP) is 3.94. The average Bonchev–Trinajstić information content (AvgIpc) is 2.24. The smallest absolute Gasteiger partial charge is 0.175 e. The second kappa shape index (κ2) is 4.25. The van der Waals surface area contributed by atoms with Crippen LogP contribution in [0.4, 0.5) is 0 Å². The van der Waals surface area contributed by atoms with E-state index in [1.54, 1.807) is 0 Å². The number of aromatic nitrogens is 1. The number of hydrogen-bond acceptors (Lipinski definition) is 2. The lowest BCUT2D eigenvalue weighted by Gasteiger charge is -2.09. The summed E-state index contributed by atoms with van der Waals surface area (Å²) in [6, 6.07) is 7.55. The van der Waals surface area contributed by atoms with Crippen LogP contribution in [0.25, 0.3) is 10.9 Å². The highest BCUT2D eigenvalue weighted by Gasteiger charge is 2.12. The summed E-state index contributed by atoms with van der Waals surface area (Å²) in [4.78, 5) is 4.21. The maximum atomic E-state index is 6.18. The van der Waals surface area contributed by atoms with Gasteiger partial charge >= 0.3 is 0 Å². The highest BCUT2D eigenvalue weighted by Crippen LogP contribution is 2.36. The molecular weight excluding hydrogens is 233 g/mol. The maximum absolute atomic E-state index is 6.18. The summed E-state index contributed by atoms with van der Waals surface area (Å²) in [5.74, 6) is 0.458. The molecule has 0 aliphatic carbocycles. The molecule has 0 N–H and O–H groups in total. The van der Waals surface area contributed by atoms with Crippen LogP contribution in [0.1, 0.15) is 6.92 Å². The van der Waals surface area contributed by atoms with Gasteiger partial charge in [0.1, 0.15) is 0 Å². The first-order valence-corrected chi connectivity index (χ1v) is 5.36. The molecule has 2 nitrogen and oxygen atoms in total. The van der Waals surface area contributed by atoms with Gasteiger partial charge in [0, 0.05) is 5.39 Å². The SMILES string of the molecule is CCOc1c(Cl)nc2ccccc2c1Cl. The van der Waals surface area contributed by atoms with Gasteiger partial charge in [-0.2, -0.15) is 0 Å². The molecule has 0 aliphatic heterocycles. The Hall–Kier alpha value is -0.990. The molecule has 1 aromatic carbocycles. The van der Waals surface area contributed by atoms with Crippen LogP contribution in [0.2, 0.25) is 10.2 Å². The fourth-order valence-electron chi connectivity index (χ4n) is 1.39. The van der Waals surface area contributed by atoms with Gasteiger partial charge in [-0.25, -0.2) is 4.98 Å². The van der Waals surface area contributed by atoms with Gasteiger partial charge in [-0.1, -0.05) is 41.4 Å². The summed E-state index contributed by atoms with van der Waals surface area (Å²) in [6.07, 6.45) is 0. The topological polar surface area (TPSA) is 22.1 Å². The van der Waals surface area contributed by atoms with Crippen LogP contribution in [0.5, 0.6) is 5.75 Å².